The molecule has 0 saturated carbocycles. The van der Waals surface area contributed by atoms with Crippen LogP contribution in [0, 0.1) is 5.82 Å². The van der Waals surface area contributed by atoms with E-state index in [1.807, 2.05) is 0 Å². The number of piperidine rings is 1. The lowest BCUT2D eigenvalue weighted by atomic mass is 9.83. The molecule has 2 bridgehead atoms. The molecule has 0 spiro atoms. The van der Waals surface area contributed by atoms with E-state index in [9.17, 15) is 4.39 Å². The molecule has 0 radical (unpaired) electrons. The number of ether oxygens (including phenoxy) is 1. The molecule has 1 aromatic carbocycles. The second-order valence-corrected chi connectivity index (χ2v) is 5.33. The van der Waals surface area contributed by atoms with Gasteiger partial charge in [0, 0.05) is 30.5 Å². The third-order valence-corrected chi connectivity index (χ3v) is 4.14. The highest BCUT2D eigenvalue weighted by molar-refractivity contribution is 5.35. The average molecular weight is 253 g/mol. The molecule has 2 atom stereocenters. The molecular formula is C14H17F2NO. The van der Waals surface area contributed by atoms with E-state index in [-0.39, 0.29) is 23.4 Å². The molecule has 2 saturated heterocycles. The standard InChI is InChI=1S/C14H17F2NO/c1-18-12-4-2-3-11(13(12)15)14(16)7-9-5-6-10(8-14)17-9/h2-4,9-10,17H,5-8H2,1H3. The summed E-state index contributed by atoms with van der Waals surface area (Å²) >= 11 is 0. The summed E-state index contributed by atoms with van der Waals surface area (Å²) < 4.78 is 34.2. The van der Waals surface area contributed by atoms with Gasteiger partial charge in [0.2, 0.25) is 0 Å². The number of hydrogen-bond acceptors (Lipinski definition) is 2. The monoisotopic (exact) mass is 253 g/mol. The van der Waals surface area contributed by atoms with Crippen molar-refractivity contribution in [1.29, 1.82) is 0 Å². The molecule has 0 aliphatic carbocycles. The first kappa shape index (κ1) is 11.9. The van der Waals surface area contributed by atoms with Crippen LogP contribution in [-0.4, -0.2) is 19.2 Å². The zero-order chi connectivity index (χ0) is 12.8. The predicted octanol–water partition coefficient (Wildman–Crippen LogP) is 2.91. The van der Waals surface area contributed by atoms with Gasteiger partial charge in [-0.15, -0.1) is 0 Å². The molecule has 2 nitrogen and oxygen atoms in total. The molecule has 2 aliphatic rings. The summed E-state index contributed by atoms with van der Waals surface area (Å²) in [5.74, 6) is -0.431. The number of methoxy groups -OCH3 is 1. The van der Waals surface area contributed by atoms with E-state index >= 15 is 4.39 Å². The van der Waals surface area contributed by atoms with E-state index in [4.69, 9.17) is 4.74 Å². The first-order valence-corrected chi connectivity index (χ1v) is 6.40. The van der Waals surface area contributed by atoms with Gasteiger partial charge in [-0.1, -0.05) is 12.1 Å². The molecule has 2 unspecified atom stereocenters. The minimum absolute atomic E-state index is 0.121. The van der Waals surface area contributed by atoms with Gasteiger partial charge in [0.15, 0.2) is 11.6 Å². The Bertz CT molecular complexity index is 451. The van der Waals surface area contributed by atoms with Crippen LogP contribution in [0.1, 0.15) is 31.2 Å². The van der Waals surface area contributed by atoms with Gasteiger partial charge < -0.3 is 10.1 Å². The SMILES string of the molecule is COc1cccc(C2(F)CC3CCC(C2)N3)c1F. The van der Waals surface area contributed by atoms with Crippen LogP contribution >= 0.6 is 0 Å². The predicted molar refractivity (Wildman–Crippen MR) is 64.9 cm³/mol. The molecule has 18 heavy (non-hydrogen) atoms. The largest absolute Gasteiger partial charge is 0.494 e. The molecular weight excluding hydrogens is 236 g/mol. The Kier molecular flexibility index (Phi) is 2.77. The van der Waals surface area contributed by atoms with Gasteiger partial charge >= 0.3 is 0 Å². The number of nitrogens with one attached hydrogen (secondary N) is 1. The second-order valence-electron chi connectivity index (χ2n) is 5.33. The van der Waals surface area contributed by atoms with Gasteiger partial charge in [-0.25, -0.2) is 8.78 Å². The van der Waals surface area contributed by atoms with Crippen molar-refractivity contribution in [3.05, 3.63) is 29.6 Å². The van der Waals surface area contributed by atoms with Gasteiger partial charge in [0.1, 0.15) is 5.67 Å². The van der Waals surface area contributed by atoms with Crippen molar-refractivity contribution < 1.29 is 13.5 Å². The Morgan fingerprint density at radius 2 is 1.94 bits per heavy atom. The molecule has 0 aromatic heterocycles. The number of rotatable bonds is 2. The highest BCUT2D eigenvalue weighted by Gasteiger charge is 2.46. The number of halogens is 2. The van der Waals surface area contributed by atoms with Gasteiger partial charge in [0.05, 0.1) is 7.11 Å². The zero-order valence-electron chi connectivity index (χ0n) is 10.4. The van der Waals surface area contributed by atoms with Crippen molar-refractivity contribution in [3.8, 4) is 5.75 Å². The first-order valence-electron chi connectivity index (χ1n) is 6.40. The Labute approximate surface area is 105 Å². The number of fused-ring (bicyclic) bond motifs is 2. The van der Waals surface area contributed by atoms with E-state index < -0.39 is 11.5 Å². The molecule has 98 valence electrons. The highest BCUT2D eigenvalue weighted by atomic mass is 19.1. The van der Waals surface area contributed by atoms with Crippen molar-refractivity contribution in [2.24, 2.45) is 0 Å². The summed E-state index contributed by atoms with van der Waals surface area (Å²) in [5.41, 5.74) is -1.41. The average Bonchev–Trinajstić information content (AvgIpc) is 2.69. The molecule has 2 heterocycles. The Morgan fingerprint density at radius 1 is 1.28 bits per heavy atom. The van der Waals surface area contributed by atoms with Crippen LogP contribution in [-0.2, 0) is 5.67 Å². The lowest BCUT2D eigenvalue weighted by Gasteiger charge is -2.35. The molecule has 2 fully saturated rings. The third-order valence-electron chi connectivity index (χ3n) is 4.14. The van der Waals surface area contributed by atoms with Gasteiger partial charge in [-0.2, -0.15) is 0 Å². The van der Waals surface area contributed by atoms with E-state index in [0.29, 0.717) is 12.8 Å². The minimum Gasteiger partial charge on any atom is -0.494 e. The molecule has 2 aliphatic heterocycles. The molecule has 0 amide bonds. The summed E-state index contributed by atoms with van der Waals surface area (Å²) in [6, 6.07) is 5.09. The number of alkyl halides is 1. The quantitative estimate of drug-likeness (QED) is 0.875. The van der Waals surface area contributed by atoms with E-state index in [2.05, 4.69) is 5.32 Å². The van der Waals surface area contributed by atoms with Crippen LogP contribution in [0.25, 0.3) is 0 Å². The van der Waals surface area contributed by atoms with Crippen LogP contribution < -0.4 is 10.1 Å². The maximum Gasteiger partial charge on any atom is 0.171 e. The smallest absolute Gasteiger partial charge is 0.171 e. The summed E-state index contributed by atoms with van der Waals surface area (Å²) in [5, 5.41) is 3.37. The minimum atomic E-state index is -1.56. The van der Waals surface area contributed by atoms with Crippen LogP contribution in [0.2, 0.25) is 0 Å². The lowest BCUT2D eigenvalue weighted by Crippen LogP contribution is -2.44. The van der Waals surface area contributed by atoms with Gasteiger partial charge in [0.25, 0.3) is 0 Å². The van der Waals surface area contributed by atoms with Crippen molar-refractivity contribution in [1.82, 2.24) is 5.32 Å². The van der Waals surface area contributed by atoms with E-state index in [1.54, 1.807) is 12.1 Å². The van der Waals surface area contributed by atoms with Crippen molar-refractivity contribution in [2.45, 2.75) is 43.4 Å². The van der Waals surface area contributed by atoms with Crippen molar-refractivity contribution in [3.63, 3.8) is 0 Å². The van der Waals surface area contributed by atoms with Crippen LogP contribution in [0.3, 0.4) is 0 Å². The highest BCUT2D eigenvalue weighted by Crippen LogP contribution is 2.45. The van der Waals surface area contributed by atoms with Gasteiger partial charge in [-0.3, -0.25) is 0 Å². The van der Waals surface area contributed by atoms with Crippen LogP contribution in [0.4, 0.5) is 8.78 Å². The van der Waals surface area contributed by atoms with Crippen LogP contribution in [0.15, 0.2) is 18.2 Å². The van der Waals surface area contributed by atoms with Crippen molar-refractivity contribution in [2.75, 3.05) is 7.11 Å². The summed E-state index contributed by atoms with van der Waals surface area (Å²) in [4.78, 5) is 0. The fourth-order valence-electron chi connectivity index (χ4n) is 3.32. The molecule has 3 rings (SSSR count). The summed E-state index contributed by atoms with van der Waals surface area (Å²) in [6.45, 7) is 0. The maximum absolute atomic E-state index is 15.1. The Hall–Kier alpha value is -1.16. The maximum atomic E-state index is 15.1. The topological polar surface area (TPSA) is 21.3 Å². The lowest BCUT2D eigenvalue weighted by molar-refractivity contribution is 0.0826. The van der Waals surface area contributed by atoms with E-state index in [1.165, 1.54) is 13.2 Å². The number of benzene rings is 1. The Morgan fingerprint density at radius 3 is 2.56 bits per heavy atom. The summed E-state index contributed by atoms with van der Waals surface area (Å²) in [6.07, 6.45) is 2.69. The normalized spacial score (nSPS) is 34.6. The molecule has 4 heteroatoms. The Balaban J connectivity index is 1.98. The fourth-order valence-corrected chi connectivity index (χ4v) is 3.32. The fraction of sp³-hybridized carbons (Fsp3) is 0.571. The summed E-state index contributed by atoms with van der Waals surface area (Å²) in [7, 11) is 1.40. The van der Waals surface area contributed by atoms with Crippen LogP contribution in [0.5, 0.6) is 5.75 Å². The van der Waals surface area contributed by atoms with E-state index in [0.717, 1.165) is 12.8 Å². The zero-order valence-corrected chi connectivity index (χ0v) is 10.4. The van der Waals surface area contributed by atoms with Gasteiger partial charge in [-0.05, 0) is 18.9 Å². The third kappa shape index (κ3) is 1.79. The molecule has 1 aromatic rings. The number of hydrogen-bond donors (Lipinski definition) is 1. The van der Waals surface area contributed by atoms with Crippen molar-refractivity contribution >= 4 is 0 Å². The molecule has 1 N–H and O–H groups in total. The first-order chi connectivity index (χ1) is 8.62. The second kappa shape index (κ2) is 4.19.